The molecule has 0 spiro atoms. The highest BCUT2D eigenvalue weighted by Gasteiger charge is 2.32. The van der Waals surface area contributed by atoms with Gasteiger partial charge in [0.15, 0.2) is 0 Å². The second kappa shape index (κ2) is 5.22. The van der Waals surface area contributed by atoms with E-state index in [2.05, 4.69) is 10.4 Å². The molecule has 0 bridgehead atoms. The maximum atomic E-state index is 12.5. The Labute approximate surface area is 113 Å². The fourth-order valence-electron chi connectivity index (χ4n) is 1.65. The Bertz CT molecular complexity index is 578. The third kappa shape index (κ3) is 3.08. The normalized spacial score (nSPS) is 11.8. The van der Waals surface area contributed by atoms with E-state index in [-0.39, 0.29) is 0 Å². The topological polar surface area (TPSA) is 29.9 Å². The van der Waals surface area contributed by atoms with Crippen LogP contribution in [0.1, 0.15) is 11.1 Å². The van der Waals surface area contributed by atoms with Gasteiger partial charge in [0.05, 0.1) is 22.5 Å². The summed E-state index contributed by atoms with van der Waals surface area (Å²) in [6, 6.07) is 5.12. The molecule has 0 saturated carbocycles. The van der Waals surface area contributed by atoms with E-state index in [1.165, 1.54) is 0 Å². The van der Waals surface area contributed by atoms with Crippen LogP contribution in [0.15, 0.2) is 30.6 Å². The Morgan fingerprint density at radius 2 is 2.11 bits per heavy atom. The molecule has 2 rings (SSSR count). The molecule has 1 N–H and O–H groups in total. The molecule has 0 aliphatic rings. The molecular formula is C12H11ClF3N3. The Kier molecular flexibility index (Phi) is 3.82. The molecule has 0 radical (unpaired) electrons. The second-order valence-electron chi connectivity index (χ2n) is 3.99. The average Bonchev–Trinajstić information content (AvgIpc) is 2.78. The molecule has 0 amide bonds. The summed E-state index contributed by atoms with van der Waals surface area (Å²) in [4.78, 5) is 0. The zero-order valence-corrected chi connectivity index (χ0v) is 10.8. The third-order valence-electron chi connectivity index (χ3n) is 2.55. The first-order valence-corrected chi connectivity index (χ1v) is 5.85. The standard InChI is InChI=1S/C12H11ClF3N3/c1-17-5-8-2-3-11(10(13)4-8)19-7-9(6-18-19)12(14,15)16/h2-4,6-7,17H,5H2,1H3. The van der Waals surface area contributed by atoms with Crippen LogP contribution in [0.25, 0.3) is 5.69 Å². The van der Waals surface area contributed by atoms with E-state index in [9.17, 15) is 13.2 Å². The Balaban J connectivity index is 2.34. The van der Waals surface area contributed by atoms with Crippen LogP contribution in [0.3, 0.4) is 0 Å². The molecule has 0 aliphatic heterocycles. The summed E-state index contributed by atoms with van der Waals surface area (Å²) in [6.07, 6.45) is -2.71. The fourth-order valence-corrected chi connectivity index (χ4v) is 1.94. The largest absolute Gasteiger partial charge is 0.419 e. The first-order chi connectivity index (χ1) is 8.91. The van der Waals surface area contributed by atoms with Crippen LogP contribution in [0.2, 0.25) is 5.02 Å². The molecule has 1 aromatic heterocycles. The Hall–Kier alpha value is -1.53. The van der Waals surface area contributed by atoms with Crippen molar-refractivity contribution in [2.45, 2.75) is 12.7 Å². The van der Waals surface area contributed by atoms with E-state index in [1.54, 1.807) is 25.2 Å². The molecule has 7 heteroatoms. The fraction of sp³-hybridized carbons (Fsp3) is 0.250. The number of hydrogen-bond acceptors (Lipinski definition) is 2. The van der Waals surface area contributed by atoms with Gasteiger partial charge in [-0.3, -0.25) is 0 Å². The summed E-state index contributed by atoms with van der Waals surface area (Å²) in [7, 11) is 1.80. The minimum Gasteiger partial charge on any atom is -0.316 e. The molecule has 1 aromatic carbocycles. The van der Waals surface area contributed by atoms with Crippen LogP contribution in [0.4, 0.5) is 13.2 Å². The van der Waals surface area contributed by atoms with Gasteiger partial charge >= 0.3 is 6.18 Å². The van der Waals surface area contributed by atoms with Crippen molar-refractivity contribution in [2.75, 3.05) is 7.05 Å². The Morgan fingerprint density at radius 1 is 1.37 bits per heavy atom. The van der Waals surface area contributed by atoms with Crippen LogP contribution in [0.5, 0.6) is 0 Å². The highest BCUT2D eigenvalue weighted by molar-refractivity contribution is 6.32. The van der Waals surface area contributed by atoms with Gasteiger partial charge in [0.25, 0.3) is 0 Å². The molecule has 102 valence electrons. The number of hydrogen-bond donors (Lipinski definition) is 1. The van der Waals surface area contributed by atoms with Gasteiger partial charge in [-0.15, -0.1) is 0 Å². The third-order valence-corrected chi connectivity index (χ3v) is 2.85. The molecule has 2 aromatic rings. The number of nitrogens with one attached hydrogen (secondary N) is 1. The second-order valence-corrected chi connectivity index (χ2v) is 4.39. The van der Waals surface area contributed by atoms with Crippen molar-refractivity contribution in [1.82, 2.24) is 15.1 Å². The van der Waals surface area contributed by atoms with E-state index in [4.69, 9.17) is 11.6 Å². The lowest BCUT2D eigenvalue weighted by atomic mass is 10.2. The predicted octanol–water partition coefficient (Wildman–Crippen LogP) is 3.26. The predicted molar refractivity (Wildman–Crippen MR) is 66.3 cm³/mol. The molecule has 0 unspecified atom stereocenters. The van der Waals surface area contributed by atoms with Crippen LogP contribution in [-0.4, -0.2) is 16.8 Å². The zero-order chi connectivity index (χ0) is 14.0. The minimum absolute atomic E-state index is 0.351. The van der Waals surface area contributed by atoms with Crippen molar-refractivity contribution in [3.63, 3.8) is 0 Å². The van der Waals surface area contributed by atoms with Gasteiger partial charge in [0, 0.05) is 12.7 Å². The molecular weight excluding hydrogens is 279 g/mol. The maximum absolute atomic E-state index is 12.5. The number of alkyl halides is 3. The summed E-state index contributed by atoms with van der Waals surface area (Å²) in [5.74, 6) is 0. The van der Waals surface area contributed by atoms with Crippen molar-refractivity contribution < 1.29 is 13.2 Å². The zero-order valence-electron chi connectivity index (χ0n) is 10.0. The van der Waals surface area contributed by atoms with Crippen LogP contribution in [0, 0.1) is 0 Å². The highest BCUT2D eigenvalue weighted by atomic mass is 35.5. The van der Waals surface area contributed by atoms with E-state index in [0.717, 1.165) is 22.6 Å². The molecule has 0 aliphatic carbocycles. The maximum Gasteiger partial charge on any atom is 0.419 e. The quantitative estimate of drug-likeness (QED) is 0.940. The molecule has 0 fully saturated rings. The smallest absolute Gasteiger partial charge is 0.316 e. The first-order valence-electron chi connectivity index (χ1n) is 5.47. The van der Waals surface area contributed by atoms with Gasteiger partial charge in [0.2, 0.25) is 0 Å². The van der Waals surface area contributed by atoms with Gasteiger partial charge in [-0.2, -0.15) is 18.3 Å². The highest BCUT2D eigenvalue weighted by Crippen LogP contribution is 2.30. The monoisotopic (exact) mass is 289 g/mol. The van der Waals surface area contributed by atoms with Crippen molar-refractivity contribution >= 4 is 11.6 Å². The summed E-state index contributed by atoms with van der Waals surface area (Å²) in [5, 5.41) is 7.00. The van der Waals surface area contributed by atoms with Crippen LogP contribution >= 0.6 is 11.6 Å². The SMILES string of the molecule is CNCc1ccc(-n2cc(C(F)(F)F)cn2)c(Cl)c1. The summed E-state index contributed by atoms with van der Waals surface area (Å²) < 4.78 is 38.6. The lowest BCUT2D eigenvalue weighted by molar-refractivity contribution is -0.137. The summed E-state index contributed by atoms with van der Waals surface area (Å²) in [6.45, 7) is 0.632. The number of benzene rings is 1. The summed E-state index contributed by atoms with van der Waals surface area (Å²) >= 11 is 6.05. The number of rotatable bonds is 3. The lowest BCUT2D eigenvalue weighted by Crippen LogP contribution is -2.06. The number of halogens is 4. The van der Waals surface area contributed by atoms with Crippen LogP contribution < -0.4 is 5.32 Å². The molecule has 0 atom stereocenters. The van der Waals surface area contributed by atoms with E-state index in [0.29, 0.717) is 17.3 Å². The molecule has 1 heterocycles. The molecule has 19 heavy (non-hydrogen) atoms. The lowest BCUT2D eigenvalue weighted by Gasteiger charge is -2.07. The van der Waals surface area contributed by atoms with Gasteiger partial charge in [-0.25, -0.2) is 4.68 Å². The number of aromatic nitrogens is 2. The molecule has 0 saturated heterocycles. The van der Waals surface area contributed by atoms with Crippen molar-refractivity contribution in [3.8, 4) is 5.69 Å². The molecule has 3 nitrogen and oxygen atoms in total. The van der Waals surface area contributed by atoms with Crippen molar-refractivity contribution in [2.24, 2.45) is 0 Å². The van der Waals surface area contributed by atoms with Crippen molar-refractivity contribution in [3.05, 3.63) is 46.7 Å². The van der Waals surface area contributed by atoms with Crippen LogP contribution in [-0.2, 0) is 12.7 Å². The van der Waals surface area contributed by atoms with Gasteiger partial charge in [-0.1, -0.05) is 17.7 Å². The van der Waals surface area contributed by atoms with E-state index < -0.39 is 11.7 Å². The van der Waals surface area contributed by atoms with E-state index >= 15 is 0 Å². The van der Waals surface area contributed by atoms with Crippen molar-refractivity contribution in [1.29, 1.82) is 0 Å². The van der Waals surface area contributed by atoms with Gasteiger partial charge < -0.3 is 5.32 Å². The van der Waals surface area contributed by atoms with Gasteiger partial charge in [0.1, 0.15) is 0 Å². The Morgan fingerprint density at radius 3 is 2.63 bits per heavy atom. The van der Waals surface area contributed by atoms with Gasteiger partial charge in [-0.05, 0) is 24.7 Å². The minimum atomic E-state index is -4.41. The first kappa shape index (κ1) is 13.9. The average molecular weight is 290 g/mol. The summed E-state index contributed by atoms with van der Waals surface area (Å²) in [5.41, 5.74) is 0.555. The number of nitrogens with zero attached hydrogens (tertiary/aromatic N) is 2. The van der Waals surface area contributed by atoms with E-state index in [1.807, 2.05) is 0 Å².